The van der Waals surface area contributed by atoms with Gasteiger partial charge in [0, 0.05) is 31.6 Å². The molecule has 0 amide bonds. The summed E-state index contributed by atoms with van der Waals surface area (Å²) in [5, 5.41) is 8.59. The van der Waals surface area contributed by atoms with E-state index >= 15 is 0 Å². The molecule has 0 aromatic carbocycles. The van der Waals surface area contributed by atoms with E-state index in [0.29, 0.717) is 6.54 Å². The normalized spacial score (nSPS) is 22.9. The Hall–Kier alpha value is -1.21. The second kappa shape index (κ2) is 6.26. The summed E-state index contributed by atoms with van der Waals surface area (Å²) >= 11 is 0. The Morgan fingerprint density at radius 2 is 1.88 bits per heavy atom. The average Bonchev–Trinajstić information content (AvgIpc) is 3.39. The van der Waals surface area contributed by atoms with Gasteiger partial charge in [0.05, 0.1) is 10.9 Å². The minimum absolute atomic E-state index is 0.0193. The van der Waals surface area contributed by atoms with Crippen LogP contribution in [0.2, 0.25) is 0 Å². The maximum Gasteiger partial charge on any atom is 0.217 e. The van der Waals surface area contributed by atoms with Gasteiger partial charge in [-0.25, -0.2) is 8.42 Å². The summed E-state index contributed by atoms with van der Waals surface area (Å²) in [7, 11) is -1.39. The van der Waals surface area contributed by atoms with Crippen molar-refractivity contribution in [2.75, 3.05) is 25.0 Å². The molecule has 3 rings (SSSR count). The molecule has 1 unspecified atom stereocenters. The molecule has 0 spiro atoms. The summed E-state index contributed by atoms with van der Waals surface area (Å²) in [5.41, 5.74) is 0.947. The van der Waals surface area contributed by atoms with Crippen LogP contribution < -0.4 is 4.90 Å². The van der Waals surface area contributed by atoms with Gasteiger partial charge in [0.15, 0.2) is 5.82 Å². The molecule has 7 heteroatoms. The number of aromatic nitrogens is 2. The van der Waals surface area contributed by atoms with Crippen LogP contribution in [-0.2, 0) is 15.4 Å². The quantitative estimate of drug-likeness (QED) is 0.831. The van der Waals surface area contributed by atoms with Crippen LogP contribution in [0.5, 0.6) is 0 Å². The fourth-order valence-electron chi connectivity index (χ4n) is 3.16. The Kier molecular flexibility index (Phi) is 4.59. The smallest absolute Gasteiger partial charge is 0.217 e. The first-order valence-corrected chi connectivity index (χ1v) is 10.3. The predicted octanol–water partition coefficient (Wildman–Crippen LogP) is 2.17. The highest BCUT2D eigenvalue weighted by Crippen LogP contribution is 2.33. The summed E-state index contributed by atoms with van der Waals surface area (Å²) in [6, 6.07) is 4.05. The topological polar surface area (TPSA) is 66.4 Å². The summed E-state index contributed by atoms with van der Waals surface area (Å²) in [6.45, 7) is 7.94. The van der Waals surface area contributed by atoms with E-state index in [0.717, 1.165) is 43.7 Å². The molecule has 1 aliphatic heterocycles. The van der Waals surface area contributed by atoms with E-state index < -0.39 is 10.0 Å². The van der Waals surface area contributed by atoms with Gasteiger partial charge < -0.3 is 4.90 Å². The van der Waals surface area contributed by atoms with Crippen LogP contribution in [0.3, 0.4) is 0 Å². The van der Waals surface area contributed by atoms with Gasteiger partial charge in [-0.2, -0.15) is 9.40 Å². The van der Waals surface area contributed by atoms with Crippen LogP contribution >= 0.6 is 0 Å². The predicted molar refractivity (Wildman–Crippen MR) is 95.7 cm³/mol. The van der Waals surface area contributed by atoms with Crippen LogP contribution in [0.1, 0.15) is 52.1 Å². The highest BCUT2D eigenvalue weighted by Gasteiger charge is 2.41. The number of likely N-dealkylation sites (N-methyl/N-ethyl adjacent to an activating group) is 1. The zero-order valence-corrected chi connectivity index (χ0v) is 15.9. The third-order valence-corrected chi connectivity index (χ3v) is 7.42. The van der Waals surface area contributed by atoms with E-state index in [1.165, 1.54) is 0 Å². The largest absolute Gasteiger partial charge is 0.354 e. The molecule has 1 saturated carbocycles. The lowest BCUT2D eigenvalue weighted by Gasteiger charge is -2.37. The summed E-state index contributed by atoms with van der Waals surface area (Å²) < 4.78 is 26.5. The number of hydrogen-bond donors (Lipinski definition) is 0. The summed E-state index contributed by atoms with van der Waals surface area (Å²) in [4.78, 5) is 2.16. The van der Waals surface area contributed by atoms with Crippen molar-refractivity contribution in [3.8, 4) is 0 Å². The standard InChI is InChI=1S/C17H28N4O2S/c1-17(2,3)15-9-10-16(19-18-15)21-11-5-6-13(12-21)20(4)24(22,23)14-7-8-14/h9-10,13-14H,5-8,11-12H2,1-4H3. The molecular formula is C17H28N4O2S. The number of anilines is 1. The van der Waals surface area contributed by atoms with Gasteiger partial charge in [0.2, 0.25) is 10.0 Å². The molecule has 1 atom stereocenters. The van der Waals surface area contributed by atoms with Crippen molar-refractivity contribution in [1.82, 2.24) is 14.5 Å². The van der Waals surface area contributed by atoms with Gasteiger partial charge in [-0.3, -0.25) is 0 Å². The van der Waals surface area contributed by atoms with E-state index in [4.69, 9.17) is 0 Å². The van der Waals surface area contributed by atoms with Crippen LogP contribution in [0.15, 0.2) is 12.1 Å². The number of rotatable bonds is 4. The Balaban J connectivity index is 1.71. The molecule has 2 fully saturated rings. The highest BCUT2D eigenvalue weighted by atomic mass is 32.2. The molecule has 6 nitrogen and oxygen atoms in total. The Morgan fingerprint density at radius 1 is 1.17 bits per heavy atom. The third-order valence-electron chi connectivity index (χ3n) is 5.00. The van der Waals surface area contributed by atoms with Gasteiger partial charge >= 0.3 is 0 Å². The molecule has 2 aliphatic rings. The third kappa shape index (κ3) is 3.57. The fourth-order valence-corrected chi connectivity index (χ4v) is 4.95. The van der Waals surface area contributed by atoms with Crippen molar-refractivity contribution in [2.24, 2.45) is 0 Å². The van der Waals surface area contributed by atoms with Gasteiger partial charge in [-0.05, 0) is 37.8 Å². The lowest BCUT2D eigenvalue weighted by molar-refractivity contribution is 0.318. The molecule has 0 bridgehead atoms. The first-order valence-electron chi connectivity index (χ1n) is 8.75. The molecule has 1 aromatic rings. The summed E-state index contributed by atoms with van der Waals surface area (Å²) in [5.74, 6) is 0.838. The Morgan fingerprint density at radius 3 is 2.42 bits per heavy atom. The number of nitrogens with zero attached hydrogens (tertiary/aromatic N) is 4. The zero-order chi connectivity index (χ0) is 17.5. The van der Waals surface area contributed by atoms with Gasteiger partial charge in [-0.15, -0.1) is 5.10 Å². The second-order valence-corrected chi connectivity index (χ2v) is 10.3. The monoisotopic (exact) mass is 352 g/mol. The Bertz CT molecular complexity index is 678. The van der Waals surface area contributed by atoms with Gasteiger partial charge in [0.1, 0.15) is 0 Å². The SMILES string of the molecule is CN(C1CCCN(c2ccc(C(C)(C)C)nn2)C1)S(=O)(=O)C1CC1. The van der Waals surface area contributed by atoms with Crippen LogP contribution in [-0.4, -0.2) is 54.3 Å². The van der Waals surface area contributed by atoms with Crippen molar-refractivity contribution in [1.29, 1.82) is 0 Å². The lowest BCUT2D eigenvalue weighted by atomic mass is 9.92. The molecule has 1 saturated heterocycles. The second-order valence-electron chi connectivity index (χ2n) is 8.03. The molecule has 0 N–H and O–H groups in total. The minimum Gasteiger partial charge on any atom is -0.354 e. The maximum absolute atomic E-state index is 12.5. The number of sulfonamides is 1. The Labute approximate surface area is 145 Å². The molecule has 1 aromatic heterocycles. The van der Waals surface area contributed by atoms with E-state index in [1.807, 2.05) is 12.1 Å². The first-order chi connectivity index (χ1) is 11.2. The van der Waals surface area contributed by atoms with Crippen molar-refractivity contribution in [3.05, 3.63) is 17.8 Å². The zero-order valence-electron chi connectivity index (χ0n) is 15.1. The number of hydrogen-bond acceptors (Lipinski definition) is 5. The number of piperidine rings is 1. The molecule has 134 valence electrons. The van der Waals surface area contributed by atoms with Crippen LogP contribution in [0.4, 0.5) is 5.82 Å². The van der Waals surface area contributed by atoms with Crippen molar-refractivity contribution in [2.45, 2.75) is 63.2 Å². The lowest BCUT2D eigenvalue weighted by Crippen LogP contribution is -2.49. The fraction of sp³-hybridized carbons (Fsp3) is 0.765. The van der Waals surface area contributed by atoms with Crippen molar-refractivity contribution >= 4 is 15.8 Å². The van der Waals surface area contributed by atoms with E-state index in [2.05, 4.69) is 35.9 Å². The van der Waals surface area contributed by atoms with E-state index in [9.17, 15) is 8.42 Å². The molecule has 0 radical (unpaired) electrons. The van der Waals surface area contributed by atoms with E-state index in [1.54, 1.807) is 11.4 Å². The molecule has 1 aliphatic carbocycles. The van der Waals surface area contributed by atoms with E-state index in [-0.39, 0.29) is 16.7 Å². The molecular weight excluding hydrogens is 324 g/mol. The van der Waals surface area contributed by atoms with Gasteiger partial charge in [-0.1, -0.05) is 20.8 Å². The van der Waals surface area contributed by atoms with Crippen molar-refractivity contribution in [3.63, 3.8) is 0 Å². The first kappa shape index (κ1) is 17.6. The average molecular weight is 353 g/mol. The van der Waals surface area contributed by atoms with Crippen molar-refractivity contribution < 1.29 is 8.42 Å². The maximum atomic E-state index is 12.5. The molecule has 2 heterocycles. The summed E-state index contributed by atoms with van der Waals surface area (Å²) in [6.07, 6.45) is 3.50. The van der Waals surface area contributed by atoms with Gasteiger partial charge in [0.25, 0.3) is 0 Å². The highest BCUT2D eigenvalue weighted by molar-refractivity contribution is 7.90. The molecule has 24 heavy (non-hydrogen) atoms. The van der Waals surface area contributed by atoms with Crippen LogP contribution in [0, 0.1) is 0 Å². The minimum atomic E-state index is -3.13. The van der Waals surface area contributed by atoms with Crippen LogP contribution in [0.25, 0.3) is 0 Å².